The lowest BCUT2D eigenvalue weighted by molar-refractivity contribution is -0.115. The number of carbonyl (C=O) groups excluding carboxylic acids is 2. The third-order valence-electron chi connectivity index (χ3n) is 6.32. The fraction of sp³-hybridized carbons (Fsp3) is 0.250. The first-order valence-corrected chi connectivity index (χ1v) is 12.1. The van der Waals surface area contributed by atoms with Crippen LogP contribution in [0.1, 0.15) is 48.0 Å². The van der Waals surface area contributed by atoms with Gasteiger partial charge in [-0.1, -0.05) is 73.9 Å². The van der Waals surface area contributed by atoms with Crippen LogP contribution in [-0.2, 0) is 4.79 Å². The van der Waals surface area contributed by atoms with Crippen LogP contribution in [0.5, 0.6) is 0 Å². The first-order valence-electron chi connectivity index (χ1n) is 11.7. The minimum absolute atomic E-state index is 0.0417. The van der Waals surface area contributed by atoms with Crippen molar-refractivity contribution in [1.82, 2.24) is 10.2 Å². The number of carbonyl (C=O) groups is 2. The minimum Gasteiger partial charge on any atom is -0.339 e. The summed E-state index contributed by atoms with van der Waals surface area (Å²) < 4.78 is 0. The van der Waals surface area contributed by atoms with Crippen molar-refractivity contribution in [3.8, 4) is 0 Å². The fourth-order valence-corrected chi connectivity index (χ4v) is 4.68. The Morgan fingerprint density at radius 2 is 1.65 bits per heavy atom. The number of hydrogen-bond acceptors (Lipinski definition) is 3. The van der Waals surface area contributed by atoms with E-state index in [4.69, 9.17) is 12.2 Å². The number of benzene rings is 3. The van der Waals surface area contributed by atoms with Crippen molar-refractivity contribution in [1.29, 1.82) is 0 Å². The van der Waals surface area contributed by atoms with Gasteiger partial charge < -0.3 is 10.2 Å². The third-order valence-corrected chi connectivity index (χ3v) is 6.53. The lowest BCUT2D eigenvalue weighted by Gasteiger charge is -2.31. The second kappa shape index (κ2) is 11.1. The Kier molecular flexibility index (Phi) is 7.70. The molecule has 5 nitrogen and oxygen atoms in total. The summed E-state index contributed by atoms with van der Waals surface area (Å²) in [5.74, 6) is -0.381. The molecule has 0 aliphatic heterocycles. The Hall–Kier alpha value is -3.51. The van der Waals surface area contributed by atoms with Crippen molar-refractivity contribution in [2.75, 3.05) is 12.4 Å². The molecule has 0 heterocycles. The molecular formula is C28H29N3O2S. The number of nitrogens with one attached hydrogen (secondary N) is 2. The van der Waals surface area contributed by atoms with E-state index >= 15 is 0 Å². The number of rotatable bonds is 5. The number of anilines is 1. The van der Waals surface area contributed by atoms with Crippen LogP contribution < -0.4 is 10.6 Å². The fourth-order valence-electron chi connectivity index (χ4n) is 4.47. The number of para-hydroxylation sites is 1. The van der Waals surface area contributed by atoms with Gasteiger partial charge in [0, 0.05) is 19.2 Å². The zero-order chi connectivity index (χ0) is 23.9. The average Bonchev–Trinajstić information content (AvgIpc) is 2.87. The molecule has 3 aromatic rings. The van der Waals surface area contributed by atoms with Gasteiger partial charge in [0.1, 0.15) is 0 Å². The second-order valence-electron chi connectivity index (χ2n) is 8.60. The number of thiocarbonyl (C=S) groups is 1. The highest BCUT2D eigenvalue weighted by Gasteiger charge is 2.24. The van der Waals surface area contributed by atoms with Gasteiger partial charge in [0.15, 0.2) is 5.11 Å². The average molecular weight is 472 g/mol. The van der Waals surface area contributed by atoms with Crippen LogP contribution in [-0.4, -0.2) is 34.9 Å². The molecule has 2 N–H and O–H groups in total. The van der Waals surface area contributed by atoms with Crippen molar-refractivity contribution in [2.45, 2.75) is 38.1 Å². The summed E-state index contributed by atoms with van der Waals surface area (Å²) in [6, 6.07) is 21.5. The maximum absolute atomic E-state index is 13.2. The molecule has 2 amide bonds. The Bertz CT molecular complexity index is 1230. The SMILES string of the molecule is CN(C(=O)c1ccccc1NC(=S)NC(=O)C=Cc1cccc2ccccc12)C1CCCCC1. The van der Waals surface area contributed by atoms with E-state index in [2.05, 4.69) is 10.6 Å². The quantitative estimate of drug-likeness (QED) is 0.366. The highest BCUT2D eigenvalue weighted by molar-refractivity contribution is 7.80. The van der Waals surface area contributed by atoms with Crippen LogP contribution in [0.4, 0.5) is 5.69 Å². The molecule has 0 aromatic heterocycles. The summed E-state index contributed by atoms with van der Waals surface area (Å²) in [5, 5.41) is 8.03. The lowest BCUT2D eigenvalue weighted by atomic mass is 9.94. The summed E-state index contributed by atoms with van der Waals surface area (Å²) in [6.07, 6.45) is 8.86. The topological polar surface area (TPSA) is 61.4 Å². The van der Waals surface area contributed by atoms with E-state index in [1.54, 1.807) is 18.2 Å². The molecule has 0 atom stereocenters. The Balaban J connectivity index is 1.40. The van der Waals surface area contributed by atoms with Gasteiger partial charge in [0.25, 0.3) is 5.91 Å². The molecular weight excluding hydrogens is 442 g/mol. The number of amides is 2. The van der Waals surface area contributed by atoms with Crippen LogP contribution in [0, 0.1) is 0 Å². The molecule has 0 bridgehead atoms. The van der Waals surface area contributed by atoms with Crippen molar-refractivity contribution < 1.29 is 9.59 Å². The Morgan fingerprint density at radius 3 is 2.47 bits per heavy atom. The molecule has 3 aromatic carbocycles. The van der Waals surface area contributed by atoms with Gasteiger partial charge in [-0.2, -0.15) is 0 Å². The summed E-state index contributed by atoms with van der Waals surface area (Å²) in [4.78, 5) is 27.5. The van der Waals surface area contributed by atoms with Crippen molar-refractivity contribution in [3.05, 3.63) is 83.9 Å². The second-order valence-corrected chi connectivity index (χ2v) is 9.01. The van der Waals surface area contributed by atoms with Gasteiger partial charge in [0.05, 0.1) is 11.3 Å². The van der Waals surface area contributed by atoms with Crippen molar-refractivity contribution in [3.63, 3.8) is 0 Å². The van der Waals surface area contributed by atoms with Crippen LogP contribution in [0.25, 0.3) is 16.8 Å². The zero-order valence-corrected chi connectivity index (χ0v) is 20.1. The number of fused-ring (bicyclic) bond motifs is 1. The molecule has 1 saturated carbocycles. The van der Waals surface area contributed by atoms with E-state index in [-0.39, 0.29) is 23.0 Å². The van der Waals surface area contributed by atoms with E-state index in [1.807, 2.05) is 66.5 Å². The smallest absolute Gasteiger partial charge is 0.255 e. The molecule has 0 unspecified atom stereocenters. The highest BCUT2D eigenvalue weighted by Crippen LogP contribution is 2.25. The first kappa shape index (κ1) is 23.6. The Labute approximate surface area is 205 Å². The maximum atomic E-state index is 13.2. The van der Waals surface area contributed by atoms with Gasteiger partial charge in [-0.25, -0.2) is 0 Å². The van der Waals surface area contributed by atoms with Crippen molar-refractivity contribution in [2.24, 2.45) is 0 Å². The monoisotopic (exact) mass is 471 g/mol. The zero-order valence-electron chi connectivity index (χ0n) is 19.3. The van der Waals surface area contributed by atoms with Gasteiger partial charge in [-0.15, -0.1) is 0 Å². The Morgan fingerprint density at radius 1 is 0.941 bits per heavy atom. The van der Waals surface area contributed by atoms with E-state index in [1.165, 1.54) is 12.5 Å². The maximum Gasteiger partial charge on any atom is 0.255 e. The predicted octanol–water partition coefficient (Wildman–Crippen LogP) is 5.77. The number of nitrogens with zero attached hydrogens (tertiary/aromatic N) is 1. The first-order chi connectivity index (χ1) is 16.5. The third kappa shape index (κ3) is 5.69. The molecule has 4 rings (SSSR count). The van der Waals surface area contributed by atoms with Crippen LogP contribution in [0.2, 0.25) is 0 Å². The standard InChI is InChI=1S/C28H29N3O2S/c1-31(22-13-3-2-4-14-22)27(33)24-16-7-8-17-25(24)29-28(34)30-26(32)19-18-21-12-9-11-20-10-5-6-15-23(20)21/h5-12,15-19,22H,2-4,13-14H2,1H3,(H2,29,30,32,34). The van der Waals surface area contributed by atoms with E-state index in [9.17, 15) is 9.59 Å². The molecule has 34 heavy (non-hydrogen) atoms. The lowest BCUT2D eigenvalue weighted by Crippen LogP contribution is -2.39. The molecule has 6 heteroatoms. The molecule has 0 saturated heterocycles. The minimum atomic E-state index is -0.339. The highest BCUT2D eigenvalue weighted by atomic mass is 32.1. The molecule has 174 valence electrons. The summed E-state index contributed by atoms with van der Waals surface area (Å²) in [6.45, 7) is 0. The normalized spacial score (nSPS) is 14.1. The molecule has 1 aliphatic carbocycles. The largest absolute Gasteiger partial charge is 0.339 e. The summed E-state index contributed by atoms with van der Waals surface area (Å²) >= 11 is 5.36. The van der Waals surface area contributed by atoms with Gasteiger partial charge in [-0.3, -0.25) is 14.9 Å². The van der Waals surface area contributed by atoms with Crippen molar-refractivity contribution >= 4 is 51.7 Å². The van der Waals surface area contributed by atoms with Crippen LogP contribution in [0.3, 0.4) is 0 Å². The molecule has 1 fully saturated rings. The molecule has 0 spiro atoms. The van der Waals surface area contributed by atoms with Gasteiger partial charge in [-0.05, 0) is 59.6 Å². The van der Waals surface area contributed by atoms with E-state index in [0.717, 1.165) is 42.0 Å². The number of hydrogen-bond donors (Lipinski definition) is 2. The van der Waals surface area contributed by atoms with Crippen LogP contribution >= 0.6 is 12.2 Å². The predicted molar refractivity (Wildman–Crippen MR) is 143 cm³/mol. The summed E-state index contributed by atoms with van der Waals surface area (Å²) in [5.41, 5.74) is 2.07. The van der Waals surface area contributed by atoms with E-state index in [0.29, 0.717) is 11.3 Å². The molecule has 1 aliphatic rings. The van der Waals surface area contributed by atoms with Crippen LogP contribution in [0.15, 0.2) is 72.8 Å². The van der Waals surface area contributed by atoms with E-state index < -0.39 is 0 Å². The van der Waals surface area contributed by atoms with Gasteiger partial charge >= 0.3 is 0 Å². The summed E-state index contributed by atoms with van der Waals surface area (Å²) in [7, 11) is 1.87. The van der Waals surface area contributed by atoms with Gasteiger partial charge in [0.2, 0.25) is 5.91 Å². The molecule has 0 radical (unpaired) electrons.